The zero-order valence-electron chi connectivity index (χ0n) is 10.7. The van der Waals surface area contributed by atoms with E-state index in [1.807, 2.05) is 32.0 Å². The number of ether oxygens (including phenoxy) is 1. The molecule has 0 unspecified atom stereocenters. The number of amides is 1. The van der Waals surface area contributed by atoms with Crippen LogP contribution in [-0.2, 0) is 4.79 Å². The van der Waals surface area contributed by atoms with E-state index in [-0.39, 0.29) is 17.6 Å². The number of likely N-dealkylation sites (N-methyl/N-ethyl adjacent to an activating group) is 1. The maximum atomic E-state index is 11.3. The average Bonchev–Trinajstić information content (AvgIpc) is 2.36. The number of nitrogens with one attached hydrogen (secondary N) is 1. The predicted molar refractivity (Wildman–Crippen MR) is 69.9 cm³/mol. The molecule has 0 saturated carbocycles. The lowest BCUT2D eigenvalue weighted by atomic mass is 10.1. The quantitative estimate of drug-likeness (QED) is 0.652. The Morgan fingerprint density at radius 1 is 1.39 bits per heavy atom. The smallest absolute Gasteiger partial charge is 0.261 e. The number of carbonyl (C=O) groups is 1. The highest BCUT2D eigenvalue weighted by Crippen LogP contribution is 2.15. The molecule has 1 aromatic carbocycles. The molecular weight excluding hydrogens is 228 g/mol. The van der Waals surface area contributed by atoms with Gasteiger partial charge in [0.25, 0.3) is 5.91 Å². The summed E-state index contributed by atoms with van der Waals surface area (Å²) >= 11 is 0. The molecule has 4 nitrogen and oxygen atoms in total. The fourth-order valence-corrected chi connectivity index (χ4v) is 1.36. The van der Waals surface area contributed by atoms with Gasteiger partial charge in [-0.1, -0.05) is 12.1 Å². The number of hydrogen-bond acceptors (Lipinski definition) is 3. The molecule has 18 heavy (non-hydrogen) atoms. The largest absolute Gasteiger partial charge is 0.491 e. The average molecular weight is 244 g/mol. The van der Waals surface area contributed by atoms with E-state index in [0.29, 0.717) is 0 Å². The summed E-state index contributed by atoms with van der Waals surface area (Å²) < 4.78 is 5.50. The van der Waals surface area contributed by atoms with Crippen molar-refractivity contribution in [3.05, 3.63) is 35.4 Å². The van der Waals surface area contributed by atoms with Crippen molar-refractivity contribution in [3.8, 4) is 11.8 Å². The van der Waals surface area contributed by atoms with Crippen LogP contribution in [0.4, 0.5) is 0 Å². The second kappa shape index (κ2) is 6.45. The first-order chi connectivity index (χ1) is 8.56. The summed E-state index contributed by atoms with van der Waals surface area (Å²) in [7, 11) is 1.49. The molecule has 0 saturated heterocycles. The number of carbonyl (C=O) groups excluding carboxylic acids is 1. The second-order valence-corrected chi connectivity index (χ2v) is 3.98. The van der Waals surface area contributed by atoms with E-state index in [2.05, 4.69) is 5.32 Å². The predicted octanol–water partition coefficient (Wildman–Crippen LogP) is 2.13. The van der Waals surface area contributed by atoms with Gasteiger partial charge in [0, 0.05) is 7.05 Å². The van der Waals surface area contributed by atoms with Crippen LogP contribution in [0.1, 0.15) is 19.4 Å². The van der Waals surface area contributed by atoms with Gasteiger partial charge in [-0.2, -0.15) is 5.26 Å². The zero-order chi connectivity index (χ0) is 13.5. The topological polar surface area (TPSA) is 62.1 Å². The first kappa shape index (κ1) is 13.8. The SMILES string of the molecule is CNC(=O)C(C#N)=Cc1ccc(OC(C)C)cc1. The third-order valence-electron chi connectivity index (χ3n) is 2.16. The van der Waals surface area contributed by atoms with Crippen LogP contribution in [-0.4, -0.2) is 19.1 Å². The Balaban J connectivity index is 2.89. The van der Waals surface area contributed by atoms with Crippen LogP contribution in [0.3, 0.4) is 0 Å². The highest BCUT2D eigenvalue weighted by atomic mass is 16.5. The summed E-state index contributed by atoms with van der Waals surface area (Å²) in [5.41, 5.74) is 0.862. The highest BCUT2D eigenvalue weighted by Gasteiger charge is 2.06. The van der Waals surface area contributed by atoms with Gasteiger partial charge in [0.2, 0.25) is 0 Å². The lowest BCUT2D eigenvalue weighted by Gasteiger charge is -2.09. The summed E-state index contributed by atoms with van der Waals surface area (Å²) in [6.07, 6.45) is 1.66. The van der Waals surface area contributed by atoms with Gasteiger partial charge in [-0.3, -0.25) is 4.79 Å². The monoisotopic (exact) mass is 244 g/mol. The molecule has 0 fully saturated rings. The van der Waals surface area contributed by atoms with E-state index in [9.17, 15) is 4.79 Å². The van der Waals surface area contributed by atoms with Crippen LogP contribution >= 0.6 is 0 Å². The van der Waals surface area contributed by atoms with Crippen molar-refractivity contribution in [2.45, 2.75) is 20.0 Å². The van der Waals surface area contributed by atoms with Gasteiger partial charge in [0.15, 0.2) is 0 Å². The molecule has 4 heteroatoms. The molecule has 0 heterocycles. The van der Waals surface area contributed by atoms with E-state index in [1.165, 1.54) is 13.1 Å². The van der Waals surface area contributed by atoms with E-state index >= 15 is 0 Å². The highest BCUT2D eigenvalue weighted by molar-refractivity contribution is 6.01. The third-order valence-corrected chi connectivity index (χ3v) is 2.16. The van der Waals surface area contributed by atoms with Gasteiger partial charge in [-0.25, -0.2) is 0 Å². The van der Waals surface area contributed by atoms with Crippen LogP contribution in [0.5, 0.6) is 5.75 Å². The van der Waals surface area contributed by atoms with Crippen molar-refractivity contribution in [2.24, 2.45) is 0 Å². The molecule has 1 rings (SSSR count). The molecular formula is C14H16N2O2. The molecule has 1 amide bonds. The minimum Gasteiger partial charge on any atom is -0.491 e. The molecule has 1 aromatic rings. The number of nitriles is 1. The van der Waals surface area contributed by atoms with Crippen molar-refractivity contribution < 1.29 is 9.53 Å². The molecule has 94 valence electrons. The van der Waals surface area contributed by atoms with Gasteiger partial charge < -0.3 is 10.1 Å². The molecule has 0 aliphatic rings. The maximum absolute atomic E-state index is 11.3. The first-order valence-corrected chi connectivity index (χ1v) is 5.67. The zero-order valence-corrected chi connectivity index (χ0v) is 10.7. The Morgan fingerprint density at radius 2 is 2.00 bits per heavy atom. The van der Waals surface area contributed by atoms with Crippen molar-refractivity contribution in [2.75, 3.05) is 7.05 Å². The lowest BCUT2D eigenvalue weighted by molar-refractivity contribution is -0.116. The van der Waals surface area contributed by atoms with Crippen LogP contribution < -0.4 is 10.1 Å². The fourth-order valence-electron chi connectivity index (χ4n) is 1.36. The first-order valence-electron chi connectivity index (χ1n) is 5.67. The summed E-state index contributed by atoms with van der Waals surface area (Å²) in [6.45, 7) is 3.90. The van der Waals surface area contributed by atoms with E-state index < -0.39 is 0 Å². The lowest BCUT2D eigenvalue weighted by Crippen LogP contribution is -2.19. The molecule has 0 spiro atoms. The molecule has 1 N–H and O–H groups in total. The summed E-state index contributed by atoms with van der Waals surface area (Å²) in [4.78, 5) is 11.3. The summed E-state index contributed by atoms with van der Waals surface area (Å²) in [5, 5.41) is 11.3. The van der Waals surface area contributed by atoms with Crippen molar-refractivity contribution in [1.29, 1.82) is 5.26 Å². The third kappa shape index (κ3) is 3.95. The van der Waals surface area contributed by atoms with E-state index in [1.54, 1.807) is 12.1 Å². The fraction of sp³-hybridized carbons (Fsp3) is 0.286. The molecule has 0 aliphatic carbocycles. The Labute approximate surface area is 107 Å². The van der Waals surface area contributed by atoms with Gasteiger partial charge in [0.1, 0.15) is 17.4 Å². The van der Waals surface area contributed by atoms with Crippen LogP contribution in [0, 0.1) is 11.3 Å². The Morgan fingerprint density at radius 3 is 2.44 bits per heavy atom. The molecule has 0 atom stereocenters. The number of nitrogens with zero attached hydrogens (tertiary/aromatic N) is 1. The van der Waals surface area contributed by atoms with Crippen LogP contribution in [0.15, 0.2) is 29.8 Å². The van der Waals surface area contributed by atoms with E-state index in [4.69, 9.17) is 10.00 Å². The summed E-state index contributed by atoms with van der Waals surface area (Å²) in [6, 6.07) is 9.09. The second-order valence-electron chi connectivity index (χ2n) is 3.98. The van der Waals surface area contributed by atoms with E-state index in [0.717, 1.165) is 11.3 Å². The standard InChI is InChI=1S/C14H16N2O2/c1-10(2)18-13-6-4-11(5-7-13)8-12(9-15)14(17)16-3/h4-8,10H,1-3H3,(H,16,17). The van der Waals surface area contributed by atoms with Crippen LogP contribution in [0.25, 0.3) is 6.08 Å². The minimum absolute atomic E-state index is 0.0787. The molecule has 0 radical (unpaired) electrons. The van der Waals surface area contributed by atoms with Crippen LogP contribution in [0.2, 0.25) is 0 Å². The minimum atomic E-state index is -0.389. The molecule has 0 bridgehead atoms. The van der Waals surface area contributed by atoms with Gasteiger partial charge >= 0.3 is 0 Å². The van der Waals surface area contributed by atoms with Crippen molar-refractivity contribution in [3.63, 3.8) is 0 Å². The van der Waals surface area contributed by atoms with Crippen molar-refractivity contribution in [1.82, 2.24) is 5.32 Å². The Bertz CT molecular complexity index is 482. The molecule has 0 aliphatic heterocycles. The number of rotatable bonds is 4. The van der Waals surface area contributed by atoms with Gasteiger partial charge in [0.05, 0.1) is 6.10 Å². The summed E-state index contributed by atoms with van der Waals surface area (Å²) in [5.74, 6) is 0.376. The normalized spacial score (nSPS) is 10.9. The van der Waals surface area contributed by atoms with Crippen molar-refractivity contribution >= 4 is 12.0 Å². The Hall–Kier alpha value is -2.28. The maximum Gasteiger partial charge on any atom is 0.261 e. The number of benzene rings is 1. The van der Waals surface area contributed by atoms with Gasteiger partial charge in [-0.15, -0.1) is 0 Å². The Kier molecular flexibility index (Phi) is 4.94. The number of hydrogen-bond donors (Lipinski definition) is 1. The molecule has 0 aromatic heterocycles. The van der Waals surface area contributed by atoms with Gasteiger partial charge in [-0.05, 0) is 37.6 Å².